The minimum atomic E-state index is -0.794. The van der Waals surface area contributed by atoms with Gasteiger partial charge < -0.3 is 19.8 Å². The number of carbonyl (C=O) groups excluding carboxylic acids is 2. The predicted molar refractivity (Wildman–Crippen MR) is 141 cm³/mol. The lowest BCUT2D eigenvalue weighted by atomic mass is 9.97. The first-order valence-corrected chi connectivity index (χ1v) is 12.9. The molecule has 1 amide bonds. The number of likely N-dealkylation sites (tertiary alicyclic amines) is 1. The van der Waals surface area contributed by atoms with Crippen LogP contribution in [0, 0.1) is 11.7 Å². The van der Waals surface area contributed by atoms with E-state index in [1.807, 2.05) is 42.1 Å². The van der Waals surface area contributed by atoms with E-state index in [4.69, 9.17) is 11.6 Å². The van der Waals surface area contributed by atoms with E-state index >= 15 is 0 Å². The number of phenols is 1. The van der Waals surface area contributed by atoms with Crippen LogP contribution in [0.25, 0.3) is 22.0 Å². The van der Waals surface area contributed by atoms with Gasteiger partial charge in [0.15, 0.2) is 17.3 Å². The first kappa shape index (κ1) is 24.1. The van der Waals surface area contributed by atoms with Crippen molar-refractivity contribution in [3.8, 4) is 16.9 Å². The van der Waals surface area contributed by atoms with Gasteiger partial charge in [0.05, 0.1) is 34.4 Å². The molecule has 3 aromatic rings. The third-order valence-electron chi connectivity index (χ3n) is 7.70. The normalized spacial score (nSPS) is 20.9. The topological polar surface area (TPSA) is 77.0 Å². The van der Waals surface area contributed by atoms with Gasteiger partial charge in [0.2, 0.25) is 5.91 Å². The second kappa shape index (κ2) is 8.96. The highest BCUT2D eigenvalue weighted by Crippen LogP contribution is 2.44. The maximum absolute atomic E-state index is 14.3. The van der Waals surface area contributed by atoms with Crippen LogP contribution in [0.1, 0.15) is 29.6 Å². The molecule has 2 aromatic carbocycles. The fourth-order valence-electron chi connectivity index (χ4n) is 5.75. The number of benzene rings is 2. The number of anilines is 1. The number of likely N-dealkylation sites (N-methyl/N-ethyl adjacent to an activating group) is 1. The summed E-state index contributed by atoms with van der Waals surface area (Å²) >= 11 is 6.05. The Bertz CT molecular complexity index is 1420. The number of carbonyl (C=O) groups is 2. The zero-order valence-electron chi connectivity index (χ0n) is 20.7. The Hall–Kier alpha value is -3.23. The molecule has 3 aliphatic rings. The van der Waals surface area contributed by atoms with Crippen molar-refractivity contribution in [3.63, 3.8) is 0 Å². The summed E-state index contributed by atoms with van der Waals surface area (Å²) in [5.41, 5.74) is 3.43. The Morgan fingerprint density at radius 2 is 1.92 bits per heavy atom. The Kier molecular flexibility index (Phi) is 5.84. The molecular weight excluding hydrogens is 495 g/mol. The van der Waals surface area contributed by atoms with E-state index in [9.17, 15) is 19.1 Å². The molecule has 2 atom stereocenters. The number of halogens is 2. The van der Waals surface area contributed by atoms with Crippen molar-refractivity contribution in [3.05, 3.63) is 52.9 Å². The molecule has 6 rings (SSSR count). The molecular formula is C28H28ClFN4O3. The average molecular weight is 523 g/mol. The van der Waals surface area contributed by atoms with Gasteiger partial charge in [0.1, 0.15) is 0 Å². The van der Waals surface area contributed by atoms with Gasteiger partial charge >= 0.3 is 0 Å². The second-order valence-electron chi connectivity index (χ2n) is 10.7. The van der Waals surface area contributed by atoms with E-state index in [1.54, 1.807) is 6.20 Å². The molecule has 9 heteroatoms. The van der Waals surface area contributed by atoms with Crippen LogP contribution in [0.4, 0.5) is 10.1 Å². The van der Waals surface area contributed by atoms with Gasteiger partial charge in [-0.25, -0.2) is 4.39 Å². The van der Waals surface area contributed by atoms with Gasteiger partial charge in [-0.05, 0) is 68.8 Å². The quantitative estimate of drug-likeness (QED) is 0.485. The summed E-state index contributed by atoms with van der Waals surface area (Å²) in [5.74, 6) is -1.11. The number of rotatable bonds is 6. The Morgan fingerprint density at radius 3 is 2.57 bits per heavy atom. The lowest BCUT2D eigenvalue weighted by Crippen LogP contribution is -2.51. The smallest absolute Gasteiger partial charge is 0.237 e. The van der Waals surface area contributed by atoms with Gasteiger partial charge in [0, 0.05) is 36.6 Å². The number of ketones is 1. The molecule has 3 heterocycles. The lowest BCUT2D eigenvalue weighted by Gasteiger charge is -2.37. The number of aromatic nitrogens is 1. The molecule has 1 aliphatic carbocycles. The van der Waals surface area contributed by atoms with Crippen molar-refractivity contribution in [2.45, 2.75) is 31.3 Å². The zero-order valence-corrected chi connectivity index (χ0v) is 21.5. The first-order valence-electron chi connectivity index (χ1n) is 12.6. The van der Waals surface area contributed by atoms with E-state index < -0.39 is 11.6 Å². The fourth-order valence-corrected chi connectivity index (χ4v) is 5.96. The van der Waals surface area contributed by atoms with Crippen molar-refractivity contribution in [1.29, 1.82) is 0 Å². The lowest BCUT2D eigenvalue weighted by molar-refractivity contribution is -0.132. The van der Waals surface area contributed by atoms with Crippen LogP contribution in [0.2, 0.25) is 5.02 Å². The van der Waals surface area contributed by atoms with E-state index in [1.165, 1.54) is 12.1 Å². The second-order valence-corrected chi connectivity index (χ2v) is 11.1. The average Bonchev–Trinajstić information content (AvgIpc) is 3.53. The standard InChI is InChI=1S/C28H28ClFN4O3/c1-32(2)14-25(35)33-12-19-10-18(33)13-34(19)26-20-7-16(17-8-22(29)28(37)23(30)9-17)5-6-24(20)31-11-21(26)27(36)15-3-4-15/h5-9,11,15,18-19,37H,3-4,10,12-14H2,1-2H3. The van der Waals surface area contributed by atoms with Crippen LogP contribution in [0.5, 0.6) is 5.75 Å². The summed E-state index contributed by atoms with van der Waals surface area (Å²) in [7, 11) is 3.78. The summed E-state index contributed by atoms with van der Waals surface area (Å²) < 4.78 is 14.3. The monoisotopic (exact) mass is 522 g/mol. The highest BCUT2D eigenvalue weighted by molar-refractivity contribution is 6.32. The maximum Gasteiger partial charge on any atom is 0.237 e. The number of aromatic hydroxyl groups is 1. The highest BCUT2D eigenvalue weighted by Gasteiger charge is 2.47. The van der Waals surface area contributed by atoms with E-state index in [2.05, 4.69) is 9.88 Å². The van der Waals surface area contributed by atoms with Crippen molar-refractivity contribution in [2.24, 2.45) is 5.92 Å². The molecule has 2 unspecified atom stereocenters. The minimum Gasteiger partial charge on any atom is -0.504 e. The predicted octanol–water partition coefficient (Wildman–Crippen LogP) is 4.34. The number of Topliss-reactive ketones (excluding diaryl/α,β-unsaturated/α-hetero) is 1. The van der Waals surface area contributed by atoms with E-state index in [0.29, 0.717) is 36.3 Å². The molecule has 1 saturated carbocycles. The van der Waals surface area contributed by atoms with Crippen LogP contribution in [-0.2, 0) is 4.79 Å². The molecule has 1 aromatic heterocycles. The first-order chi connectivity index (χ1) is 17.7. The summed E-state index contributed by atoms with van der Waals surface area (Å²) in [6, 6.07) is 8.60. The van der Waals surface area contributed by atoms with Crippen molar-refractivity contribution in [2.75, 3.05) is 38.6 Å². The van der Waals surface area contributed by atoms with Gasteiger partial charge in [-0.2, -0.15) is 0 Å². The number of amides is 1. The molecule has 0 spiro atoms. The Morgan fingerprint density at radius 1 is 1.14 bits per heavy atom. The van der Waals surface area contributed by atoms with Gasteiger partial charge in [-0.1, -0.05) is 17.7 Å². The van der Waals surface area contributed by atoms with Gasteiger partial charge in [-0.3, -0.25) is 14.6 Å². The molecule has 7 nitrogen and oxygen atoms in total. The zero-order chi connectivity index (χ0) is 26.0. The third kappa shape index (κ3) is 4.22. The van der Waals surface area contributed by atoms with Crippen LogP contribution in [0.3, 0.4) is 0 Å². The maximum atomic E-state index is 14.3. The molecule has 3 fully saturated rings. The number of hydrogen-bond acceptors (Lipinski definition) is 6. The molecule has 0 radical (unpaired) electrons. The minimum absolute atomic E-state index is 0.0316. The van der Waals surface area contributed by atoms with Crippen molar-refractivity contribution >= 4 is 39.9 Å². The number of fused-ring (bicyclic) bond motifs is 3. The fraction of sp³-hybridized carbons (Fsp3) is 0.393. The number of pyridine rings is 1. The van der Waals surface area contributed by atoms with Crippen LogP contribution in [0.15, 0.2) is 36.5 Å². The molecule has 2 saturated heterocycles. The largest absolute Gasteiger partial charge is 0.504 e. The van der Waals surface area contributed by atoms with E-state index in [0.717, 1.165) is 35.9 Å². The Balaban J connectivity index is 1.44. The summed E-state index contributed by atoms with van der Waals surface area (Å²) in [6.07, 6.45) is 4.33. The van der Waals surface area contributed by atoms with Crippen LogP contribution in [-0.4, -0.2) is 77.4 Å². The number of phenolic OH excluding ortho intramolecular Hbond substituents is 1. The third-order valence-corrected chi connectivity index (χ3v) is 7.99. The van der Waals surface area contributed by atoms with E-state index in [-0.39, 0.29) is 34.7 Å². The van der Waals surface area contributed by atoms with Crippen molar-refractivity contribution < 1.29 is 19.1 Å². The van der Waals surface area contributed by atoms with Crippen molar-refractivity contribution in [1.82, 2.24) is 14.8 Å². The van der Waals surface area contributed by atoms with Crippen LogP contribution < -0.4 is 4.90 Å². The molecule has 2 aliphatic heterocycles. The molecule has 37 heavy (non-hydrogen) atoms. The molecule has 192 valence electrons. The summed E-state index contributed by atoms with van der Waals surface area (Å²) in [5, 5.41) is 10.5. The van der Waals surface area contributed by atoms with Crippen LogP contribution >= 0.6 is 11.6 Å². The summed E-state index contributed by atoms with van der Waals surface area (Å²) in [6.45, 7) is 1.65. The molecule has 2 bridgehead atoms. The summed E-state index contributed by atoms with van der Waals surface area (Å²) in [4.78, 5) is 36.9. The SMILES string of the molecule is CN(C)CC(=O)N1CC2CC1CN2c1c(C(=O)C2CC2)cnc2ccc(-c3cc(F)c(O)c(Cl)c3)cc12. The molecule has 1 N–H and O–H groups in total. The number of hydrogen-bond donors (Lipinski definition) is 1. The Labute approximate surface area is 219 Å². The number of nitrogens with zero attached hydrogens (tertiary/aromatic N) is 4. The van der Waals surface area contributed by atoms with Gasteiger partial charge in [0.25, 0.3) is 0 Å². The number of piperazine rings is 1. The van der Waals surface area contributed by atoms with Gasteiger partial charge in [-0.15, -0.1) is 0 Å². The highest BCUT2D eigenvalue weighted by atomic mass is 35.5.